The van der Waals surface area contributed by atoms with Gasteiger partial charge in [-0.2, -0.15) is 5.10 Å². The van der Waals surface area contributed by atoms with E-state index >= 15 is 0 Å². The molecule has 0 bridgehead atoms. The van der Waals surface area contributed by atoms with Crippen LogP contribution in [0.3, 0.4) is 0 Å². The lowest BCUT2D eigenvalue weighted by Gasteiger charge is -2.30. The molecule has 1 amide bonds. The maximum atomic E-state index is 13.2. The Morgan fingerprint density at radius 3 is 2.37 bits per heavy atom. The zero-order valence-electron chi connectivity index (χ0n) is 16.7. The number of rotatable bonds is 7. The van der Waals surface area contributed by atoms with Gasteiger partial charge in [-0.05, 0) is 37.3 Å². The fraction of sp³-hybridized carbons (Fsp3) is 0.304. The van der Waals surface area contributed by atoms with Crippen molar-refractivity contribution in [3.05, 3.63) is 76.2 Å². The first kappa shape index (κ1) is 19.8. The fourth-order valence-electron chi connectivity index (χ4n) is 3.79. The molecule has 1 N–H and O–H groups in total. The lowest BCUT2D eigenvalue weighted by molar-refractivity contribution is -0.135. The van der Waals surface area contributed by atoms with Crippen LogP contribution in [0.4, 0.5) is 0 Å². The van der Waals surface area contributed by atoms with Crippen molar-refractivity contribution in [2.45, 2.75) is 38.9 Å². The van der Waals surface area contributed by atoms with E-state index in [0.717, 1.165) is 23.1 Å². The van der Waals surface area contributed by atoms with Crippen LogP contribution in [0.5, 0.6) is 0 Å². The molecular formula is C23H23N3O4. The van der Waals surface area contributed by atoms with Gasteiger partial charge in [0.2, 0.25) is 5.91 Å². The number of carboxylic acid groups (broad SMARTS) is 1. The standard InChI is InChI=1S/C23H23N3O4/c1-15(17-11-12-17)25(13-16-7-3-2-4-8-16)20(27)14-26-22(28)19-10-6-5-9-18(19)21(24-26)23(29)30/h2-10,15,17H,11-14H2,1H3,(H,29,30). The molecule has 2 aromatic carbocycles. The molecule has 30 heavy (non-hydrogen) atoms. The maximum absolute atomic E-state index is 13.2. The van der Waals surface area contributed by atoms with Crippen molar-refractivity contribution >= 4 is 22.6 Å². The third kappa shape index (κ3) is 3.96. The van der Waals surface area contributed by atoms with Crippen LogP contribution in [0.25, 0.3) is 10.8 Å². The Labute approximate surface area is 173 Å². The number of hydrogen-bond acceptors (Lipinski definition) is 4. The second kappa shape index (κ2) is 8.10. The van der Waals surface area contributed by atoms with Gasteiger partial charge in [0.05, 0.1) is 5.39 Å². The van der Waals surface area contributed by atoms with Gasteiger partial charge in [0, 0.05) is 18.0 Å². The molecule has 7 nitrogen and oxygen atoms in total. The van der Waals surface area contributed by atoms with Crippen molar-refractivity contribution in [2.24, 2.45) is 5.92 Å². The molecule has 3 aromatic rings. The molecule has 1 aliphatic carbocycles. The van der Waals surface area contributed by atoms with E-state index < -0.39 is 11.5 Å². The summed E-state index contributed by atoms with van der Waals surface area (Å²) in [6, 6.07) is 16.2. The van der Waals surface area contributed by atoms with Crippen LogP contribution < -0.4 is 5.56 Å². The SMILES string of the molecule is CC(C1CC1)N(Cc1ccccc1)C(=O)Cn1nc(C(=O)O)c2ccccc2c1=O. The lowest BCUT2D eigenvalue weighted by atomic mass is 10.1. The molecule has 1 fully saturated rings. The van der Waals surface area contributed by atoms with E-state index in [4.69, 9.17) is 0 Å². The molecule has 1 aliphatic rings. The summed E-state index contributed by atoms with van der Waals surface area (Å²) in [5.74, 6) is -1.03. The zero-order chi connectivity index (χ0) is 21.3. The predicted octanol–water partition coefficient (Wildman–Crippen LogP) is 2.92. The minimum atomic E-state index is -1.24. The number of carbonyl (C=O) groups is 2. The van der Waals surface area contributed by atoms with Crippen molar-refractivity contribution in [1.82, 2.24) is 14.7 Å². The van der Waals surface area contributed by atoms with Gasteiger partial charge in [-0.15, -0.1) is 0 Å². The highest BCUT2D eigenvalue weighted by Gasteiger charge is 2.34. The van der Waals surface area contributed by atoms with Gasteiger partial charge >= 0.3 is 5.97 Å². The molecule has 7 heteroatoms. The maximum Gasteiger partial charge on any atom is 0.357 e. The van der Waals surface area contributed by atoms with Gasteiger partial charge < -0.3 is 10.0 Å². The van der Waals surface area contributed by atoms with E-state index in [2.05, 4.69) is 5.10 Å². The van der Waals surface area contributed by atoms with Crippen LogP contribution in [-0.4, -0.2) is 37.7 Å². The third-order valence-electron chi connectivity index (χ3n) is 5.67. The molecule has 1 aromatic heterocycles. The third-order valence-corrected chi connectivity index (χ3v) is 5.67. The normalized spacial score (nSPS) is 14.4. The average molecular weight is 405 g/mol. The lowest BCUT2D eigenvalue weighted by Crippen LogP contribution is -2.43. The van der Waals surface area contributed by atoms with Crippen molar-refractivity contribution in [3.8, 4) is 0 Å². The number of aromatic nitrogens is 2. The Balaban J connectivity index is 1.68. The number of carboxylic acids is 1. The largest absolute Gasteiger partial charge is 0.476 e. The molecule has 1 unspecified atom stereocenters. The predicted molar refractivity (Wildman–Crippen MR) is 112 cm³/mol. The second-order valence-electron chi connectivity index (χ2n) is 7.75. The van der Waals surface area contributed by atoms with Crippen molar-refractivity contribution in [2.75, 3.05) is 0 Å². The number of fused-ring (bicyclic) bond motifs is 1. The molecule has 154 valence electrons. The van der Waals surface area contributed by atoms with Crippen LogP contribution in [0.1, 0.15) is 35.8 Å². The van der Waals surface area contributed by atoms with Gasteiger partial charge in [-0.25, -0.2) is 9.48 Å². The van der Waals surface area contributed by atoms with Gasteiger partial charge in [0.15, 0.2) is 5.69 Å². The molecule has 1 saturated carbocycles. The molecule has 0 aliphatic heterocycles. The average Bonchev–Trinajstić information content (AvgIpc) is 3.59. The number of carbonyl (C=O) groups excluding carboxylic acids is 1. The van der Waals surface area contributed by atoms with E-state index in [-0.39, 0.29) is 35.0 Å². The van der Waals surface area contributed by atoms with Crippen molar-refractivity contribution in [3.63, 3.8) is 0 Å². The van der Waals surface area contributed by atoms with Crippen LogP contribution in [0, 0.1) is 5.92 Å². The Morgan fingerprint density at radius 1 is 1.10 bits per heavy atom. The first-order chi connectivity index (χ1) is 14.5. The molecule has 1 heterocycles. The minimum Gasteiger partial charge on any atom is -0.476 e. The number of benzene rings is 2. The van der Waals surface area contributed by atoms with Gasteiger partial charge in [-0.1, -0.05) is 48.5 Å². The van der Waals surface area contributed by atoms with Crippen molar-refractivity contribution in [1.29, 1.82) is 0 Å². The highest BCUT2D eigenvalue weighted by molar-refractivity contribution is 6.01. The van der Waals surface area contributed by atoms with E-state index in [1.165, 1.54) is 0 Å². The van der Waals surface area contributed by atoms with Gasteiger partial charge in [0.1, 0.15) is 6.54 Å². The minimum absolute atomic E-state index is 0.0350. The van der Waals surface area contributed by atoms with Crippen LogP contribution in [0.2, 0.25) is 0 Å². The smallest absolute Gasteiger partial charge is 0.357 e. The van der Waals surface area contributed by atoms with E-state index in [9.17, 15) is 19.5 Å². The highest BCUT2D eigenvalue weighted by atomic mass is 16.4. The zero-order valence-corrected chi connectivity index (χ0v) is 16.7. The quantitative estimate of drug-likeness (QED) is 0.652. The highest BCUT2D eigenvalue weighted by Crippen LogP contribution is 2.35. The van der Waals surface area contributed by atoms with E-state index in [1.807, 2.05) is 37.3 Å². The molecule has 4 rings (SSSR count). The monoisotopic (exact) mass is 405 g/mol. The summed E-state index contributed by atoms with van der Waals surface area (Å²) in [4.78, 5) is 39.6. The van der Waals surface area contributed by atoms with Crippen molar-refractivity contribution < 1.29 is 14.7 Å². The first-order valence-corrected chi connectivity index (χ1v) is 10.0. The summed E-state index contributed by atoms with van der Waals surface area (Å²) in [7, 11) is 0. The second-order valence-corrected chi connectivity index (χ2v) is 7.75. The Morgan fingerprint density at radius 2 is 1.73 bits per heavy atom. The van der Waals surface area contributed by atoms with E-state index in [0.29, 0.717) is 12.5 Å². The van der Waals surface area contributed by atoms with Gasteiger partial charge in [0.25, 0.3) is 5.56 Å². The Kier molecular flexibility index (Phi) is 5.35. The summed E-state index contributed by atoms with van der Waals surface area (Å²) in [5, 5.41) is 14.0. The molecule has 0 radical (unpaired) electrons. The van der Waals surface area contributed by atoms with Crippen LogP contribution in [0.15, 0.2) is 59.4 Å². The number of amides is 1. The number of nitrogens with zero attached hydrogens (tertiary/aromatic N) is 3. The van der Waals surface area contributed by atoms with Crippen LogP contribution in [-0.2, 0) is 17.9 Å². The summed E-state index contributed by atoms with van der Waals surface area (Å²) in [5.41, 5.74) is 0.300. The topological polar surface area (TPSA) is 92.5 Å². The summed E-state index contributed by atoms with van der Waals surface area (Å²) in [6.45, 7) is 2.16. The fourth-order valence-corrected chi connectivity index (χ4v) is 3.79. The Hall–Kier alpha value is -3.48. The molecule has 0 spiro atoms. The first-order valence-electron chi connectivity index (χ1n) is 10.0. The number of hydrogen-bond donors (Lipinski definition) is 1. The summed E-state index contributed by atoms with van der Waals surface area (Å²) in [6.07, 6.45) is 2.16. The Bertz CT molecular complexity index is 1150. The molecule has 1 atom stereocenters. The molecular weight excluding hydrogens is 382 g/mol. The summed E-state index contributed by atoms with van der Waals surface area (Å²) >= 11 is 0. The van der Waals surface area contributed by atoms with Gasteiger partial charge in [-0.3, -0.25) is 9.59 Å². The van der Waals surface area contributed by atoms with E-state index in [1.54, 1.807) is 29.2 Å². The summed E-state index contributed by atoms with van der Waals surface area (Å²) < 4.78 is 0.978. The molecule has 0 saturated heterocycles. The number of aromatic carboxylic acids is 1. The van der Waals surface area contributed by atoms with Crippen LogP contribution >= 0.6 is 0 Å².